The van der Waals surface area contributed by atoms with E-state index < -0.39 is 0 Å². The van der Waals surface area contributed by atoms with Crippen LogP contribution < -0.4 is 10.2 Å². The van der Waals surface area contributed by atoms with Gasteiger partial charge in [-0.2, -0.15) is 0 Å². The molecule has 3 rings (SSSR count). The number of nitrogens with zero attached hydrogens (tertiary/aromatic N) is 3. The van der Waals surface area contributed by atoms with Crippen molar-refractivity contribution in [1.29, 1.82) is 0 Å². The second-order valence-electron chi connectivity index (χ2n) is 4.49. The number of amides is 1. The van der Waals surface area contributed by atoms with Gasteiger partial charge < -0.3 is 10.2 Å². The molecule has 21 heavy (non-hydrogen) atoms. The lowest BCUT2D eigenvalue weighted by Crippen LogP contribution is -2.31. The molecule has 1 heterocycles. The summed E-state index contributed by atoms with van der Waals surface area (Å²) in [5.41, 5.74) is 2.49. The van der Waals surface area contributed by atoms with Crippen LogP contribution in [0.4, 0.5) is 0 Å². The van der Waals surface area contributed by atoms with Gasteiger partial charge in [-0.3, -0.25) is 4.79 Å². The normalized spacial score (nSPS) is 10.5. The van der Waals surface area contributed by atoms with Crippen LogP contribution in [0, 0.1) is 0 Å². The zero-order valence-corrected chi connectivity index (χ0v) is 11.3. The fourth-order valence-electron chi connectivity index (χ4n) is 1.91. The van der Waals surface area contributed by atoms with Gasteiger partial charge in [0.15, 0.2) is 6.61 Å². The van der Waals surface area contributed by atoms with Crippen LogP contribution in [-0.2, 0) is 11.3 Å². The molecular formula is C15H14N4O2. The first-order chi connectivity index (χ1) is 10.3. The third-order valence-electron chi connectivity index (χ3n) is 2.97. The monoisotopic (exact) mass is 282 g/mol. The molecule has 6 nitrogen and oxygen atoms in total. The Morgan fingerprint density at radius 3 is 2.71 bits per heavy atom. The Morgan fingerprint density at radius 1 is 1.10 bits per heavy atom. The Kier molecular flexibility index (Phi) is 3.77. The Balaban J connectivity index is 1.54. The fraction of sp³-hybridized carbons (Fsp3) is 0.133. The summed E-state index contributed by atoms with van der Waals surface area (Å²) in [6, 6.07) is 17.1. The molecule has 6 heteroatoms. The molecule has 0 saturated carbocycles. The summed E-state index contributed by atoms with van der Waals surface area (Å²) in [6.45, 7) is 0.362. The maximum Gasteiger partial charge on any atom is 0.261 e. The van der Waals surface area contributed by atoms with E-state index in [9.17, 15) is 4.79 Å². The van der Waals surface area contributed by atoms with E-state index in [1.807, 2.05) is 54.6 Å². The lowest BCUT2D eigenvalue weighted by molar-refractivity contribution is -0.126. The molecule has 0 saturated heterocycles. The van der Waals surface area contributed by atoms with Crippen molar-refractivity contribution in [2.45, 2.75) is 6.54 Å². The quantitative estimate of drug-likeness (QED) is 0.763. The van der Waals surface area contributed by atoms with E-state index in [0.717, 1.165) is 16.6 Å². The van der Waals surface area contributed by atoms with E-state index in [0.29, 0.717) is 6.54 Å². The average molecular weight is 282 g/mol. The Bertz CT molecular complexity index is 740. The molecule has 0 aliphatic heterocycles. The zero-order valence-electron chi connectivity index (χ0n) is 11.3. The van der Waals surface area contributed by atoms with Crippen molar-refractivity contribution in [1.82, 2.24) is 20.5 Å². The molecule has 0 aliphatic carbocycles. The van der Waals surface area contributed by atoms with Crippen molar-refractivity contribution in [3.8, 4) is 0 Å². The summed E-state index contributed by atoms with van der Waals surface area (Å²) >= 11 is 0. The summed E-state index contributed by atoms with van der Waals surface area (Å²) in [6.07, 6.45) is 0. The summed E-state index contributed by atoms with van der Waals surface area (Å²) in [5, 5.41) is 10.6. The van der Waals surface area contributed by atoms with Crippen molar-refractivity contribution in [3.05, 3.63) is 60.2 Å². The van der Waals surface area contributed by atoms with Crippen LogP contribution in [-0.4, -0.2) is 27.7 Å². The minimum absolute atomic E-state index is 0.111. The number of carbonyl (C=O) groups is 1. The number of nitrogens with one attached hydrogen (secondary N) is 1. The van der Waals surface area contributed by atoms with Gasteiger partial charge in [-0.05, 0) is 22.9 Å². The first-order valence-electron chi connectivity index (χ1n) is 6.57. The van der Waals surface area contributed by atoms with Gasteiger partial charge in [-0.1, -0.05) is 47.3 Å². The molecule has 3 aromatic rings. The lowest BCUT2D eigenvalue weighted by atomic mass is 10.2. The van der Waals surface area contributed by atoms with Crippen LogP contribution in [0.5, 0.6) is 0 Å². The van der Waals surface area contributed by atoms with E-state index in [2.05, 4.69) is 15.6 Å². The predicted molar refractivity (Wildman–Crippen MR) is 77.3 cm³/mol. The third kappa shape index (κ3) is 3.17. The molecule has 0 unspecified atom stereocenters. The van der Waals surface area contributed by atoms with Crippen LogP contribution in [0.15, 0.2) is 54.6 Å². The molecule has 1 aromatic heterocycles. The number of aromatic nitrogens is 3. The van der Waals surface area contributed by atoms with Gasteiger partial charge in [-0.25, -0.2) is 0 Å². The van der Waals surface area contributed by atoms with Crippen molar-refractivity contribution in [2.24, 2.45) is 0 Å². The average Bonchev–Trinajstić information content (AvgIpc) is 2.95. The SMILES string of the molecule is O=C(COn1nnc2ccccc21)NCc1ccccc1. The van der Waals surface area contributed by atoms with Crippen LogP contribution in [0.3, 0.4) is 0 Å². The number of rotatable bonds is 5. The maximum absolute atomic E-state index is 11.8. The number of hydrogen-bond donors (Lipinski definition) is 1. The molecule has 0 atom stereocenters. The van der Waals surface area contributed by atoms with Gasteiger partial charge in [0.25, 0.3) is 5.91 Å². The van der Waals surface area contributed by atoms with Gasteiger partial charge in [0, 0.05) is 6.54 Å². The van der Waals surface area contributed by atoms with Crippen LogP contribution >= 0.6 is 0 Å². The molecular weight excluding hydrogens is 268 g/mol. The second-order valence-corrected chi connectivity index (χ2v) is 4.49. The van der Waals surface area contributed by atoms with E-state index in [1.54, 1.807) is 0 Å². The van der Waals surface area contributed by atoms with Crippen LogP contribution in [0.1, 0.15) is 5.56 Å². The third-order valence-corrected chi connectivity index (χ3v) is 2.97. The molecule has 1 amide bonds. The predicted octanol–water partition coefficient (Wildman–Crippen LogP) is 1.18. The number of carbonyl (C=O) groups excluding carboxylic acids is 1. The molecule has 2 aromatic carbocycles. The van der Waals surface area contributed by atoms with Crippen molar-refractivity contribution in [2.75, 3.05) is 6.61 Å². The van der Waals surface area contributed by atoms with Gasteiger partial charge >= 0.3 is 0 Å². The van der Waals surface area contributed by atoms with Gasteiger partial charge in [0.2, 0.25) is 0 Å². The first-order valence-corrected chi connectivity index (χ1v) is 6.57. The number of hydrogen-bond acceptors (Lipinski definition) is 4. The molecule has 0 spiro atoms. The molecule has 0 aliphatic rings. The van der Waals surface area contributed by atoms with Crippen molar-refractivity contribution in [3.63, 3.8) is 0 Å². The summed E-state index contributed by atoms with van der Waals surface area (Å²) < 4.78 is 0. The highest BCUT2D eigenvalue weighted by Gasteiger charge is 2.07. The van der Waals surface area contributed by atoms with E-state index >= 15 is 0 Å². The number of para-hydroxylation sites is 1. The van der Waals surface area contributed by atoms with E-state index in [1.165, 1.54) is 4.85 Å². The second kappa shape index (κ2) is 6.04. The molecule has 0 radical (unpaired) electrons. The number of fused-ring (bicyclic) bond motifs is 1. The molecule has 0 fully saturated rings. The van der Waals surface area contributed by atoms with E-state index in [4.69, 9.17) is 4.84 Å². The topological polar surface area (TPSA) is 69.0 Å². The Hall–Kier alpha value is -2.89. The summed E-state index contributed by atoms with van der Waals surface area (Å²) in [5.74, 6) is -0.210. The smallest absolute Gasteiger partial charge is 0.261 e. The van der Waals surface area contributed by atoms with Gasteiger partial charge in [0.1, 0.15) is 11.0 Å². The van der Waals surface area contributed by atoms with Crippen molar-refractivity contribution < 1.29 is 9.63 Å². The largest absolute Gasteiger partial charge is 0.385 e. The van der Waals surface area contributed by atoms with Gasteiger partial charge in [-0.15, -0.1) is 5.10 Å². The first kappa shape index (κ1) is 13.1. The molecule has 0 bridgehead atoms. The molecule has 1 N–H and O–H groups in total. The van der Waals surface area contributed by atoms with Crippen LogP contribution in [0.2, 0.25) is 0 Å². The van der Waals surface area contributed by atoms with Gasteiger partial charge in [0.05, 0.1) is 0 Å². The Labute approximate surface area is 121 Å². The highest BCUT2D eigenvalue weighted by atomic mass is 16.7. The maximum atomic E-state index is 11.8. The zero-order chi connectivity index (χ0) is 14.5. The van der Waals surface area contributed by atoms with Crippen molar-refractivity contribution >= 4 is 16.9 Å². The highest BCUT2D eigenvalue weighted by molar-refractivity contribution is 5.77. The van der Waals surface area contributed by atoms with E-state index in [-0.39, 0.29) is 12.5 Å². The molecule has 106 valence electrons. The lowest BCUT2D eigenvalue weighted by Gasteiger charge is -2.07. The summed E-state index contributed by atoms with van der Waals surface area (Å²) in [7, 11) is 0. The standard InChI is InChI=1S/C15H14N4O2/c20-15(16-10-12-6-2-1-3-7-12)11-21-19-14-9-5-4-8-13(14)17-18-19/h1-9H,10-11H2,(H,16,20). The summed E-state index contributed by atoms with van der Waals surface area (Å²) in [4.78, 5) is 18.4. The fourth-order valence-corrected chi connectivity index (χ4v) is 1.91. The Morgan fingerprint density at radius 2 is 1.86 bits per heavy atom. The number of benzene rings is 2. The minimum atomic E-state index is -0.210. The van der Waals surface area contributed by atoms with Crippen LogP contribution in [0.25, 0.3) is 11.0 Å². The highest BCUT2D eigenvalue weighted by Crippen LogP contribution is 2.07. The minimum Gasteiger partial charge on any atom is -0.385 e.